The van der Waals surface area contributed by atoms with Crippen molar-refractivity contribution in [1.82, 2.24) is 20.4 Å². The molecule has 1 amide bonds. The fraction of sp³-hybridized carbons (Fsp3) is 0.294. The van der Waals surface area contributed by atoms with E-state index in [4.69, 9.17) is 8.94 Å². The van der Waals surface area contributed by atoms with Crippen molar-refractivity contribution in [3.05, 3.63) is 54.1 Å². The van der Waals surface area contributed by atoms with Crippen molar-refractivity contribution in [2.24, 2.45) is 0 Å². The summed E-state index contributed by atoms with van der Waals surface area (Å²) in [6, 6.07) is 9.38. The summed E-state index contributed by atoms with van der Waals surface area (Å²) in [6.45, 7) is 3.53. The Kier molecular flexibility index (Phi) is 4.69. The molecule has 0 spiro atoms. The molecule has 0 unspecified atom stereocenters. The van der Waals surface area contributed by atoms with Crippen LogP contribution in [-0.2, 0) is 11.2 Å². The number of aromatic nitrogens is 3. The molecule has 7 heteroatoms. The Morgan fingerprint density at radius 3 is 2.79 bits per heavy atom. The minimum Gasteiger partial charge on any atom is -0.441 e. The maximum absolute atomic E-state index is 12.0. The lowest BCUT2D eigenvalue weighted by Crippen LogP contribution is -2.27. The molecule has 0 aliphatic heterocycles. The van der Waals surface area contributed by atoms with Crippen LogP contribution in [0.1, 0.15) is 37.0 Å². The zero-order chi connectivity index (χ0) is 16.9. The third kappa shape index (κ3) is 3.87. The molecule has 124 valence electrons. The molecule has 24 heavy (non-hydrogen) atoms. The van der Waals surface area contributed by atoms with Crippen molar-refractivity contribution >= 4 is 5.91 Å². The number of carbonyl (C=O) groups is 1. The Morgan fingerprint density at radius 1 is 1.29 bits per heavy atom. The van der Waals surface area contributed by atoms with Gasteiger partial charge in [0.25, 0.3) is 0 Å². The molecule has 1 atom stereocenters. The van der Waals surface area contributed by atoms with Gasteiger partial charge >= 0.3 is 0 Å². The predicted octanol–water partition coefficient (Wildman–Crippen LogP) is 2.84. The number of rotatable bonds is 6. The zero-order valence-electron chi connectivity index (χ0n) is 13.5. The first-order valence-electron chi connectivity index (χ1n) is 7.71. The van der Waals surface area contributed by atoms with Gasteiger partial charge in [0.1, 0.15) is 6.04 Å². The summed E-state index contributed by atoms with van der Waals surface area (Å²) in [5.74, 6) is 2.03. The third-order valence-electron chi connectivity index (χ3n) is 3.47. The molecular weight excluding hydrogens is 308 g/mol. The van der Waals surface area contributed by atoms with Crippen molar-refractivity contribution in [3.63, 3.8) is 0 Å². The summed E-state index contributed by atoms with van der Waals surface area (Å²) < 4.78 is 10.7. The standard InChI is InChI=1S/C17H18N4O3/c1-11(17-20-12(2)21-24-17)19-15(22)8-9-16-18-10-14(23-16)13-6-4-3-5-7-13/h3-7,10-11H,8-9H2,1-2H3,(H,19,22)/t11-/m1/s1. The van der Waals surface area contributed by atoms with Gasteiger partial charge in [-0.25, -0.2) is 4.98 Å². The first kappa shape index (κ1) is 15.9. The number of benzene rings is 1. The maximum atomic E-state index is 12.0. The predicted molar refractivity (Wildman–Crippen MR) is 85.9 cm³/mol. The molecule has 0 aliphatic carbocycles. The monoisotopic (exact) mass is 326 g/mol. The van der Waals surface area contributed by atoms with Gasteiger partial charge in [-0.1, -0.05) is 35.5 Å². The minimum atomic E-state index is -0.330. The number of oxazole rings is 1. The van der Waals surface area contributed by atoms with Crippen LogP contribution in [0.5, 0.6) is 0 Å². The Hall–Kier alpha value is -2.96. The summed E-state index contributed by atoms with van der Waals surface area (Å²) in [6.07, 6.45) is 2.37. The number of nitrogens with zero attached hydrogens (tertiary/aromatic N) is 3. The van der Waals surface area contributed by atoms with Crippen LogP contribution in [0, 0.1) is 6.92 Å². The van der Waals surface area contributed by atoms with Gasteiger partial charge in [0.05, 0.1) is 6.20 Å². The molecule has 0 saturated carbocycles. The normalized spacial score (nSPS) is 12.1. The highest BCUT2D eigenvalue weighted by Gasteiger charge is 2.16. The van der Waals surface area contributed by atoms with Gasteiger partial charge in [0.2, 0.25) is 11.8 Å². The molecule has 0 saturated heterocycles. The van der Waals surface area contributed by atoms with E-state index in [0.29, 0.717) is 29.8 Å². The van der Waals surface area contributed by atoms with Crippen LogP contribution in [0.25, 0.3) is 11.3 Å². The summed E-state index contributed by atoms with van der Waals surface area (Å²) in [4.78, 5) is 20.3. The van der Waals surface area contributed by atoms with E-state index in [-0.39, 0.29) is 18.4 Å². The van der Waals surface area contributed by atoms with Crippen molar-refractivity contribution in [1.29, 1.82) is 0 Å². The van der Waals surface area contributed by atoms with Crippen molar-refractivity contribution in [2.75, 3.05) is 0 Å². The molecule has 1 aromatic carbocycles. The minimum absolute atomic E-state index is 0.127. The lowest BCUT2D eigenvalue weighted by Gasteiger charge is -2.08. The number of aryl methyl sites for hydroxylation is 2. The van der Waals surface area contributed by atoms with E-state index in [0.717, 1.165) is 5.56 Å². The molecule has 0 radical (unpaired) electrons. The molecule has 7 nitrogen and oxygen atoms in total. The van der Waals surface area contributed by atoms with Crippen LogP contribution >= 0.6 is 0 Å². The fourth-order valence-electron chi connectivity index (χ4n) is 2.25. The quantitative estimate of drug-likeness (QED) is 0.748. The van der Waals surface area contributed by atoms with Crippen molar-refractivity contribution in [2.45, 2.75) is 32.7 Å². The Bertz CT molecular complexity index is 810. The van der Waals surface area contributed by atoms with E-state index >= 15 is 0 Å². The van der Waals surface area contributed by atoms with E-state index in [1.165, 1.54) is 0 Å². The fourth-order valence-corrected chi connectivity index (χ4v) is 2.25. The summed E-state index contributed by atoms with van der Waals surface area (Å²) in [5, 5.41) is 6.52. The van der Waals surface area contributed by atoms with E-state index in [9.17, 15) is 4.79 Å². The van der Waals surface area contributed by atoms with E-state index < -0.39 is 0 Å². The summed E-state index contributed by atoms with van der Waals surface area (Å²) >= 11 is 0. The average molecular weight is 326 g/mol. The summed E-state index contributed by atoms with van der Waals surface area (Å²) in [5.41, 5.74) is 0.959. The Morgan fingerprint density at radius 2 is 2.08 bits per heavy atom. The largest absolute Gasteiger partial charge is 0.441 e. The van der Waals surface area contributed by atoms with Crippen LogP contribution in [0.2, 0.25) is 0 Å². The van der Waals surface area contributed by atoms with Gasteiger partial charge in [-0.15, -0.1) is 0 Å². The van der Waals surface area contributed by atoms with Gasteiger partial charge in [0, 0.05) is 18.4 Å². The second-order valence-electron chi connectivity index (χ2n) is 5.45. The third-order valence-corrected chi connectivity index (χ3v) is 3.47. The zero-order valence-corrected chi connectivity index (χ0v) is 13.5. The van der Waals surface area contributed by atoms with Crippen molar-refractivity contribution in [3.8, 4) is 11.3 Å². The number of amides is 1. The molecule has 2 aromatic heterocycles. The number of carbonyl (C=O) groups excluding carboxylic acids is 1. The van der Waals surface area contributed by atoms with Gasteiger partial charge in [-0.3, -0.25) is 4.79 Å². The first-order chi connectivity index (χ1) is 11.6. The highest BCUT2D eigenvalue weighted by molar-refractivity contribution is 5.76. The topological polar surface area (TPSA) is 94.1 Å². The Labute approximate surface area is 139 Å². The summed E-state index contributed by atoms with van der Waals surface area (Å²) in [7, 11) is 0. The molecule has 0 aliphatic rings. The van der Waals surface area contributed by atoms with Crippen LogP contribution in [-0.4, -0.2) is 21.0 Å². The molecule has 1 N–H and O–H groups in total. The molecule has 0 fully saturated rings. The van der Waals surface area contributed by atoms with Crippen LogP contribution in [0.3, 0.4) is 0 Å². The van der Waals surface area contributed by atoms with Crippen LogP contribution in [0.4, 0.5) is 0 Å². The second kappa shape index (κ2) is 7.08. The van der Waals surface area contributed by atoms with Gasteiger partial charge < -0.3 is 14.3 Å². The average Bonchev–Trinajstić information content (AvgIpc) is 3.23. The van der Waals surface area contributed by atoms with Gasteiger partial charge in [-0.05, 0) is 13.8 Å². The van der Waals surface area contributed by atoms with Crippen molar-refractivity contribution < 1.29 is 13.7 Å². The van der Waals surface area contributed by atoms with Gasteiger partial charge in [-0.2, -0.15) is 4.98 Å². The van der Waals surface area contributed by atoms with Crippen LogP contribution < -0.4 is 5.32 Å². The number of hydrogen-bond donors (Lipinski definition) is 1. The lowest BCUT2D eigenvalue weighted by molar-refractivity contribution is -0.121. The number of hydrogen-bond acceptors (Lipinski definition) is 6. The van der Waals surface area contributed by atoms with Gasteiger partial charge in [0.15, 0.2) is 17.5 Å². The van der Waals surface area contributed by atoms with E-state index in [1.54, 1.807) is 20.0 Å². The smallest absolute Gasteiger partial charge is 0.248 e. The molecular formula is C17H18N4O3. The lowest BCUT2D eigenvalue weighted by atomic mass is 10.2. The Balaban J connectivity index is 1.52. The number of nitrogens with one attached hydrogen (secondary N) is 1. The second-order valence-corrected chi connectivity index (χ2v) is 5.45. The molecule has 3 rings (SSSR count). The van der Waals surface area contributed by atoms with Crippen LogP contribution in [0.15, 0.2) is 45.5 Å². The molecule has 3 aromatic rings. The SMILES string of the molecule is Cc1noc([C@@H](C)NC(=O)CCc2ncc(-c3ccccc3)o2)n1. The highest BCUT2D eigenvalue weighted by atomic mass is 16.5. The molecule has 2 heterocycles. The highest BCUT2D eigenvalue weighted by Crippen LogP contribution is 2.20. The maximum Gasteiger partial charge on any atom is 0.248 e. The molecule has 0 bridgehead atoms. The first-order valence-corrected chi connectivity index (χ1v) is 7.71. The van der Waals surface area contributed by atoms with E-state index in [1.807, 2.05) is 30.3 Å². The van der Waals surface area contributed by atoms with E-state index in [2.05, 4.69) is 20.4 Å².